The predicted molar refractivity (Wildman–Crippen MR) is 575 cm³/mol. The number of imidazole rings is 3. The van der Waals surface area contributed by atoms with Gasteiger partial charge in [-0.2, -0.15) is 9.97 Å². The van der Waals surface area contributed by atoms with Gasteiger partial charge in [0, 0.05) is 16.5 Å². The second-order valence-electron chi connectivity index (χ2n) is 37.2. The van der Waals surface area contributed by atoms with Crippen molar-refractivity contribution in [3.05, 3.63) is 491 Å². The Kier molecular flexibility index (Phi) is 20.7. The van der Waals surface area contributed by atoms with Crippen LogP contribution in [0.25, 0.3) is 181 Å². The molecule has 10 heteroatoms. The van der Waals surface area contributed by atoms with E-state index in [1.54, 1.807) is 11.3 Å². The minimum Gasteiger partial charge on any atom is -0.456 e. The molecule has 26 aromatic rings. The number of aromatic nitrogens is 6. The lowest BCUT2D eigenvalue weighted by Crippen LogP contribution is -2.25. The number of thiazole rings is 1. The third kappa shape index (κ3) is 13.9. The minimum atomic E-state index is -0.188. The van der Waals surface area contributed by atoms with E-state index in [0.29, 0.717) is 11.7 Å². The number of nitrogens with zero attached hydrogens (tertiary/aromatic N) is 6. The molecule has 0 saturated heterocycles. The lowest BCUT2D eigenvalue weighted by molar-refractivity contribution is 0.415. The van der Waals surface area contributed by atoms with Crippen LogP contribution < -0.4 is 4.74 Å². The first-order valence-corrected chi connectivity index (χ1v) is 48.2. The molecule has 0 N–H and O–H groups in total. The summed E-state index contributed by atoms with van der Waals surface area (Å²) in [6.45, 7) is 19.4. The Morgan fingerprint density at radius 3 is 1.28 bits per heavy atom. The molecule has 0 atom stereocenters. The lowest BCUT2D eigenvalue weighted by atomic mass is 9.70. The largest absolute Gasteiger partial charge is 0.456 e. The summed E-state index contributed by atoms with van der Waals surface area (Å²) in [4.78, 5) is 14.9. The van der Waals surface area contributed by atoms with Crippen molar-refractivity contribution in [1.29, 1.82) is 0 Å². The summed E-state index contributed by atoms with van der Waals surface area (Å²) in [7, 11) is 0. The molecule has 4 aliphatic rings. The molecule has 9 nitrogen and oxygen atoms in total. The second-order valence-corrected chi connectivity index (χ2v) is 38.2. The summed E-state index contributed by atoms with van der Waals surface area (Å²) >= 11 is 1.75. The van der Waals surface area contributed by atoms with Gasteiger partial charge in [-0.1, -0.05) is 400 Å². The van der Waals surface area contributed by atoms with Crippen LogP contribution in [0.3, 0.4) is 0 Å². The fourth-order valence-corrected chi connectivity index (χ4v) is 22.9. The minimum absolute atomic E-state index is 0.0101. The first-order chi connectivity index (χ1) is 67.6. The Morgan fingerprint density at radius 2 is 0.652 bits per heavy atom. The van der Waals surface area contributed by atoms with Crippen LogP contribution in [0.15, 0.2) is 427 Å². The number of oxazole rings is 2. The van der Waals surface area contributed by atoms with Crippen molar-refractivity contribution in [3.63, 3.8) is 0 Å². The van der Waals surface area contributed by atoms with Crippen LogP contribution >= 0.6 is 11.3 Å². The van der Waals surface area contributed by atoms with Gasteiger partial charge in [0.1, 0.15) is 11.5 Å². The molecule has 0 unspecified atom stereocenters. The van der Waals surface area contributed by atoms with Gasteiger partial charge in [-0.15, -0.1) is 0 Å². The van der Waals surface area contributed by atoms with E-state index in [2.05, 4.69) is 430 Å². The van der Waals surface area contributed by atoms with E-state index >= 15 is 0 Å². The van der Waals surface area contributed by atoms with Gasteiger partial charge in [0.15, 0.2) is 16.1 Å². The maximum absolute atomic E-state index is 6.04. The zero-order valence-corrected chi connectivity index (χ0v) is 79.0. The first-order valence-electron chi connectivity index (χ1n) is 47.4. The first kappa shape index (κ1) is 84.2. The van der Waals surface area contributed by atoms with Crippen molar-refractivity contribution < 1.29 is 13.6 Å². The molecular weight excluding hydrogens is 1700 g/mol. The molecule has 1 spiro atoms. The third-order valence-corrected chi connectivity index (χ3v) is 29.3. The number of para-hydroxylation sites is 10. The van der Waals surface area contributed by atoms with Crippen molar-refractivity contribution in [2.24, 2.45) is 0 Å². The zero-order valence-electron chi connectivity index (χ0n) is 78.2. The Balaban J connectivity index is 0.0000000883. The van der Waals surface area contributed by atoms with Crippen molar-refractivity contribution in [2.45, 2.75) is 73.1 Å². The number of rotatable bonds is 0. The van der Waals surface area contributed by atoms with E-state index in [9.17, 15) is 0 Å². The summed E-state index contributed by atoms with van der Waals surface area (Å²) in [5.74, 6) is 3.33. The molecule has 3 aliphatic carbocycles. The summed E-state index contributed by atoms with van der Waals surface area (Å²) in [6.07, 6.45) is 0. The highest BCUT2D eigenvalue weighted by Crippen LogP contribution is 2.63. The zero-order chi connectivity index (χ0) is 93.2. The highest BCUT2D eigenvalue weighted by molar-refractivity contribution is 7.23. The predicted octanol–water partition coefficient (Wildman–Crippen LogP) is 34.3. The van der Waals surface area contributed by atoms with Gasteiger partial charge in [0.2, 0.25) is 0 Å². The quantitative estimate of drug-likeness (QED) is 0.141. The van der Waals surface area contributed by atoms with Crippen LogP contribution in [0.4, 0.5) is 0 Å². The molecule has 20 aromatic carbocycles. The molecule has 1 aliphatic heterocycles. The summed E-state index contributed by atoms with van der Waals surface area (Å²) in [6, 6.07) is 149. The van der Waals surface area contributed by atoms with Crippen LogP contribution in [-0.2, 0) is 10.8 Å². The average Bonchev–Trinajstić information content (AvgIpc) is 1.50. The lowest BCUT2D eigenvalue weighted by Gasteiger charge is -2.35. The molecule has 138 heavy (non-hydrogen) atoms. The van der Waals surface area contributed by atoms with Crippen LogP contribution in [0, 0.1) is 48.5 Å². The highest BCUT2D eigenvalue weighted by Gasteiger charge is 2.51. The van der Waals surface area contributed by atoms with Crippen LogP contribution in [0.1, 0.15) is 86.2 Å². The van der Waals surface area contributed by atoms with Gasteiger partial charge in [-0.3, -0.25) is 13.2 Å². The van der Waals surface area contributed by atoms with Gasteiger partial charge >= 0.3 is 11.7 Å². The Bertz CT molecular complexity index is 8940. The third-order valence-electron chi connectivity index (χ3n) is 28.3. The van der Waals surface area contributed by atoms with Crippen LogP contribution in [-0.4, -0.2) is 28.2 Å². The fourth-order valence-electron chi connectivity index (χ4n) is 21.9. The second kappa shape index (κ2) is 34.0. The van der Waals surface area contributed by atoms with Gasteiger partial charge in [-0.25, -0.2) is 4.98 Å². The SMILES string of the molecule is Cc1ccc2c(c1)-c1ccccc1-c1ccccc1-c1ccccc1-2.Cc1ccc2c(c1)-c1ccccc1C21c2ccccc2-c2ccccc21.Cc1ccc2c3ccccc3c3ccccc3c2c1.Cc1cccc2c1Oc1ccccc1C2(C)C.Cc1cccc2c1nc1oc3ccccc3n12.Cc1cccc2c1nc1sc3ccccc3n12.Cc1cccc2c1oc1nc3ccccc3n12. The Morgan fingerprint density at radius 1 is 0.254 bits per heavy atom. The van der Waals surface area contributed by atoms with Crippen molar-refractivity contribution in [1.82, 2.24) is 28.2 Å². The molecule has 30 rings (SSSR count). The molecule has 0 bridgehead atoms. The number of hydrogen-bond acceptors (Lipinski definition) is 7. The normalized spacial score (nSPS) is 12.7. The highest BCUT2D eigenvalue weighted by atomic mass is 32.1. The van der Waals surface area contributed by atoms with E-state index in [0.717, 1.165) is 71.8 Å². The van der Waals surface area contributed by atoms with E-state index in [-0.39, 0.29) is 10.8 Å². The maximum Gasteiger partial charge on any atom is 0.307 e. The van der Waals surface area contributed by atoms with Crippen LogP contribution in [0.2, 0.25) is 0 Å². The molecular formula is C128H96N6O3S. The topological polar surface area (TPSA) is 87.4 Å². The molecule has 0 amide bonds. The molecule has 6 aromatic heterocycles. The van der Waals surface area contributed by atoms with Gasteiger partial charge < -0.3 is 13.6 Å². The Hall–Kier alpha value is -16.8. The molecule has 0 fully saturated rings. The smallest absolute Gasteiger partial charge is 0.307 e. The number of aryl methyl sites for hydroxylation is 7. The number of hydrogen-bond donors (Lipinski definition) is 0. The van der Waals surface area contributed by atoms with E-state index in [1.807, 2.05) is 73.7 Å². The Labute approximate surface area is 804 Å². The molecule has 7 heterocycles. The van der Waals surface area contributed by atoms with Crippen molar-refractivity contribution >= 4 is 126 Å². The van der Waals surface area contributed by atoms with Crippen LogP contribution in [0.5, 0.6) is 11.5 Å². The van der Waals surface area contributed by atoms with Gasteiger partial charge in [0.25, 0.3) is 0 Å². The number of fused-ring (bicyclic) bond motifs is 41. The van der Waals surface area contributed by atoms with E-state index in [1.165, 1.54) is 182 Å². The summed E-state index contributed by atoms with van der Waals surface area (Å²) in [5.41, 5.74) is 44.3. The maximum atomic E-state index is 6.04. The standard InChI is InChI=1S/C26H18.C25H18.C19H14.C16H16O.2C14H10N2O.C14H10N2S/c1-17-14-15-25-21(16-17)20-10-4-7-13-24(20)26(25)22-11-5-2-8-18(22)19-9-3-6-12-23(19)26;1-17-14-15-24-22-12-5-4-10-20(22)18-8-2-3-9-19(18)21-11-6-7-13-23(21)25(24)16-17;1-13-10-11-18-16-8-3-2-6-14(16)15-7-4-5-9-17(15)19(18)12-13;1-11-7-6-9-13-15(11)17-14-10-5-4-8-12(14)16(13,2)3;1-9-5-4-7-11-13(9)15-14-16(11)10-6-2-3-8-12(10)17-14;1-9-5-4-8-12-13(9)17-14-15-10-6-2-3-7-11(10)16(12)14;1-9-5-4-7-11-13(9)15-14-16(11)10-6-2-3-8-12(10)17-14/h2-16H,1H3;2-16H,1H3;2-12H,1H3;4-10H,1-3H3;3*2-8H,1H3. The van der Waals surface area contributed by atoms with Crippen molar-refractivity contribution in [3.8, 4) is 78.3 Å². The summed E-state index contributed by atoms with van der Waals surface area (Å²) in [5, 5.41) is 8.08. The monoisotopic (exact) mass is 1800 g/mol. The van der Waals surface area contributed by atoms with E-state index in [4.69, 9.17) is 18.6 Å². The van der Waals surface area contributed by atoms with Gasteiger partial charge in [-0.05, 0) is 253 Å². The van der Waals surface area contributed by atoms with Gasteiger partial charge in [0.05, 0.1) is 59.8 Å². The number of ether oxygens (including phenoxy) is 1. The average molecular weight is 1800 g/mol. The fraction of sp³-hybridized carbons (Fsp3) is 0.0859. The molecule has 662 valence electrons. The summed E-state index contributed by atoms with van der Waals surface area (Å²) < 4.78 is 25.3. The molecule has 0 radical (unpaired) electrons. The van der Waals surface area contributed by atoms with Crippen molar-refractivity contribution in [2.75, 3.05) is 0 Å². The van der Waals surface area contributed by atoms with E-state index < -0.39 is 0 Å². The number of benzene rings is 20. The molecule has 0 saturated carbocycles.